The van der Waals surface area contributed by atoms with Crippen molar-refractivity contribution in [1.82, 2.24) is 15.1 Å². The van der Waals surface area contributed by atoms with Crippen LogP contribution in [0, 0.1) is 0 Å². The smallest absolute Gasteiger partial charge is 0.353 e. The summed E-state index contributed by atoms with van der Waals surface area (Å²) in [5, 5.41) is 8.37. The van der Waals surface area contributed by atoms with E-state index in [9.17, 15) is 18.0 Å². The van der Waals surface area contributed by atoms with Crippen molar-refractivity contribution < 1.29 is 18.0 Å². The third-order valence-corrected chi connectivity index (χ3v) is 4.95. The van der Waals surface area contributed by atoms with Crippen molar-refractivity contribution in [1.29, 1.82) is 0 Å². The van der Waals surface area contributed by atoms with E-state index in [0.29, 0.717) is 47.7 Å². The van der Waals surface area contributed by atoms with Crippen LogP contribution in [-0.4, -0.2) is 35.3 Å². The topological polar surface area (TPSA) is 50.2 Å². The van der Waals surface area contributed by atoms with Crippen molar-refractivity contribution in [2.24, 2.45) is 0 Å². The molecule has 1 aromatic heterocycles. The number of aromatic nitrogens is 2. The summed E-state index contributed by atoms with van der Waals surface area (Å²) in [7, 11) is 0. The van der Waals surface area contributed by atoms with Gasteiger partial charge >= 0.3 is 6.18 Å². The Kier molecular flexibility index (Phi) is 4.66. The average Bonchev–Trinajstić information content (AvgIpc) is 3.20. The minimum Gasteiger partial charge on any atom is -0.353 e. The number of amides is 1. The summed E-state index contributed by atoms with van der Waals surface area (Å²) in [5.41, 5.74) is 0.124. The van der Waals surface area contributed by atoms with Gasteiger partial charge in [0.1, 0.15) is 5.82 Å². The fourth-order valence-corrected chi connectivity index (χ4v) is 3.46. The van der Waals surface area contributed by atoms with Crippen LogP contribution in [0.1, 0.15) is 15.9 Å². The van der Waals surface area contributed by atoms with Crippen LogP contribution in [0.3, 0.4) is 0 Å². The lowest BCUT2D eigenvalue weighted by atomic mass is 10.1. The molecule has 0 spiro atoms. The lowest BCUT2D eigenvalue weighted by Crippen LogP contribution is -2.34. The molecule has 146 valence electrons. The highest BCUT2D eigenvalue weighted by Gasteiger charge is 2.32. The Bertz CT molecular complexity index is 1030. The van der Waals surface area contributed by atoms with Gasteiger partial charge in [0.05, 0.1) is 17.6 Å². The lowest BCUT2D eigenvalue weighted by molar-refractivity contribution is -0.137. The van der Waals surface area contributed by atoms with E-state index in [4.69, 9.17) is 11.6 Å². The summed E-state index contributed by atoms with van der Waals surface area (Å²) in [6.45, 7) is 2.21. The summed E-state index contributed by atoms with van der Waals surface area (Å²) in [5.74, 6) is 0.577. The molecular weight excluding hydrogens is 393 g/mol. The van der Waals surface area contributed by atoms with Gasteiger partial charge in [0.25, 0.3) is 5.91 Å². The molecule has 0 saturated carbocycles. The summed E-state index contributed by atoms with van der Waals surface area (Å²) in [4.78, 5) is 14.2. The van der Waals surface area contributed by atoms with Gasteiger partial charge in [-0.15, -0.1) is 0 Å². The number of nitrogens with one attached hydrogen (secondary N) is 1. The van der Waals surface area contributed by atoms with Crippen LogP contribution >= 0.6 is 11.6 Å². The Labute approximate surface area is 163 Å². The number of hydrogen-bond donors (Lipinski definition) is 1. The van der Waals surface area contributed by atoms with Crippen LogP contribution in [0.25, 0.3) is 10.9 Å². The molecule has 1 aliphatic rings. The predicted molar refractivity (Wildman–Crippen MR) is 101 cm³/mol. The van der Waals surface area contributed by atoms with E-state index in [-0.39, 0.29) is 5.91 Å². The van der Waals surface area contributed by atoms with E-state index in [1.807, 2.05) is 4.90 Å². The third-order valence-electron chi connectivity index (χ3n) is 4.69. The van der Waals surface area contributed by atoms with Gasteiger partial charge < -0.3 is 10.2 Å². The Morgan fingerprint density at radius 1 is 1.14 bits per heavy atom. The standard InChI is InChI=1S/C19H16ClF3N4O/c20-14-4-1-12(2-5-14)17(28)24-7-8-26-9-10-27-18(26)15-6-3-13(19(21,22)23)11-16(15)25-27/h1-6,11H,7-10H2,(H,24,28). The molecule has 5 nitrogen and oxygen atoms in total. The Hall–Kier alpha value is -2.74. The number of benzene rings is 2. The highest BCUT2D eigenvalue weighted by atomic mass is 35.5. The molecule has 28 heavy (non-hydrogen) atoms. The number of alkyl halides is 3. The summed E-state index contributed by atoms with van der Waals surface area (Å²) >= 11 is 5.82. The molecule has 0 atom stereocenters. The molecule has 0 radical (unpaired) electrons. The maximum atomic E-state index is 12.9. The first-order valence-electron chi connectivity index (χ1n) is 8.69. The second-order valence-electron chi connectivity index (χ2n) is 6.53. The minimum atomic E-state index is -4.39. The quantitative estimate of drug-likeness (QED) is 0.711. The van der Waals surface area contributed by atoms with Crippen molar-refractivity contribution in [2.75, 3.05) is 24.5 Å². The predicted octanol–water partition coefficient (Wildman–Crippen LogP) is 3.96. The SMILES string of the molecule is O=C(NCCN1CCn2nc3cc(C(F)(F)F)ccc3c21)c1ccc(Cl)cc1. The number of halogens is 4. The second-order valence-corrected chi connectivity index (χ2v) is 6.96. The van der Waals surface area contributed by atoms with E-state index in [2.05, 4.69) is 10.4 Å². The lowest BCUT2D eigenvalue weighted by Gasteiger charge is -2.18. The van der Waals surface area contributed by atoms with Gasteiger partial charge in [-0.2, -0.15) is 18.3 Å². The van der Waals surface area contributed by atoms with Gasteiger partial charge in [-0.3, -0.25) is 4.79 Å². The van der Waals surface area contributed by atoms with Crippen molar-refractivity contribution in [3.8, 4) is 0 Å². The summed E-state index contributed by atoms with van der Waals surface area (Å²) in [6, 6.07) is 10.2. The van der Waals surface area contributed by atoms with Crippen LogP contribution in [-0.2, 0) is 12.7 Å². The van der Waals surface area contributed by atoms with Crippen LogP contribution in [0.5, 0.6) is 0 Å². The van der Waals surface area contributed by atoms with Gasteiger partial charge in [-0.25, -0.2) is 4.68 Å². The molecule has 0 saturated heterocycles. The van der Waals surface area contributed by atoms with Gasteiger partial charge in [-0.1, -0.05) is 11.6 Å². The van der Waals surface area contributed by atoms with E-state index >= 15 is 0 Å². The molecule has 1 amide bonds. The first kappa shape index (κ1) is 18.6. The van der Waals surface area contributed by atoms with E-state index in [1.165, 1.54) is 6.07 Å². The van der Waals surface area contributed by atoms with Crippen molar-refractivity contribution in [2.45, 2.75) is 12.7 Å². The van der Waals surface area contributed by atoms with Gasteiger partial charge in [0.2, 0.25) is 0 Å². The van der Waals surface area contributed by atoms with Crippen LogP contribution in [0.2, 0.25) is 5.02 Å². The molecule has 1 aliphatic heterocycles. The monoisotopic (exact) mass is 408 g/mol. The zero-order valence-electron chi connectivity index (χ0n) is 14.6. The second kappa shape index (κ2) is 7.01. The zero-order valence-corrected chi connectivity index (χ0v) is 15.4. The van der Waals surface area contributed by atoms with Gasteiger partial charge in [-0.05, 0) is 42.5 Å². The summed E-state index contributed by atoms with van der Waals surface area (Å²) < 4.78 is 40.4. The fraction of sp³-hybridized carbons (Fsp3) is 0.263. The van der Waals surface area contributed by atoms with E-state index < -0.39 is 11.7 Å². The molecule has 2 aromatic carbocycles. The van der Waals surface area contributed by atoms with Crippen LogP contribution in [0.15, 0.2) is 42.5 Å². The molecule has 4 rings (SSSR count). The molecule has 0 bridgehead atoms. The molecule has 1 N–H and O–H groups in total. The van der Waals surface area contributed by atoms with Crippen molar-refractivity contribution >= 4 is 34.2 Å². The molecule has 0 fully saturated rings. The maximum Gasteiger partial charge on any atom is 0.416 e. The first-order chi connectivity index (χ1) is 13.3. The van der Waals surface area contributed by atoms with Gasteiger partial charge in [0, 0.05) is 35.6 Å². The molecule has 0 aliphatic carbocycles. The van der Waals surface area contributed by atoms with Crippen LogP contribution < -0.4 is 10.2 Å². The largest absolute Gasteiger partial charge is 0.416 e. The Morgan fingerprint density at radius 2 is 1.89 bits per heavy atom. The Balaban J connectivity index is 1.45. The number of nitrogens with zero attached hydrogens (tertiary/aromatic N) is 3. The number of carbonyl (C=O) groups is 1. The average molecular weight is 409 g/mol. The number of fused-ring (bicyclic) bond motifs is 3. The highest BCUT2D eigenvalue weighted by molar-refractivity contribution is 6.30. The third kappa shape index (κ3) is 3.52. The maximum absolute atomic E-state index is 12.9. The summed E-state index contributed by atoms with van der Waals surface area (Å²) in [6.07, 6.45) is -4.39. The number of hydrogen-bond acceptors (Lipinski definition) is 3. The molecule has 0 unspecified atom stereocenters. The fourth-order valence-electron chi connectivity index (χ4n) is 3.33. The molecular formula is C19H16ClF3N4O. The molecule has 3 aromatic rings. The Morgan fingerprint density at radius 3 is 2.61 bits per heavy atom. The molecule has 9 heteroatoms. The van der Waals surface area contributed by atoms with Crippen LogP contribution in [0.4, 0.5) is 19.0 Å². The number of rotatable bonds is 4. The zero-order chi connectivity index (χ0) is 19.9. The number of carbonyl (C=O) groups excluding carboxylic acids is 1. The number of anilines is 1. The van der Waals surface area contributed by atoms with E-state index in [1.54, 1.807) is 28.9 Å². The van der Waals surface area contributed by atoms with Gasteiger partial charge in [0.15, 0.2) is 0 Å². The minimum absolute atomic E-state index is 0.205. The van der Waals surface area contributed by atoms with E-state index in [0.717, 1.165) is 18.0 Å². The van der Waals surface area contributed by atoms with Crippen molar-refractivity contribution in [3.05, 3.63) is 58.6 Å². The normalized spacial score (nSPS) is 13.8. The van der Waals surface area contributed by atoms with Crippen molar-refractivity contribution in [3.63, 3.8) is 0 Å². The highest BCUT2D eigenvalue weighted by Crippen LogP contribution is 2.35. The first-order valence-corrected chi connectivity index (χ1v) is 9.07. The molecule has 2 heterocycles.